The molecule has 0 saturated carbocycles. The molecule has 5 heteroatoms. The molecule has 2 rings (SSSR count). The number of aryl methyl sites for hydroxylation is 1. The van der Waals surface area contributed by atoms with Gasteiger partial charge >= 0.3 is 6.09 Å². The molecule has 0 bridgehead atoms. The number of ether oxygens (including phenoxy) is 2. The molecule has 0 heterocycles. The summed E-state index contributed by atoms with van der Waals surface area (Å²) < 4.78 is 10.4. The van der Waals surface area contributed by atoms with Crippen LogP contribution in [0.4, 0.5) is 10.5 Å². The van der Waals surface area contributed by atoms with Crippen molar-refractivity contribution in [2.75, 3.05) is 18.5 Å². The minimum atomic E-state index is -0.601. The molecular weight excluding hydrogens is 270 g/mol. The van der Waals surface area contributed by atoms with E-state index in [1.54, 1.807) is 24.3 Å². The molecule has 2 aromatic carbocycles. The largest absolute Gasteiger partial charge is 0.457 e. The number of hydrogen-bond acceptors (Lipinski definition) is 4. The first-order valence-electron chi connectivity index (χ1n) is 6.56. The monoisotopic (exact) mass is 287 g/mol. The molecule has 0 aliphatic heterocycles. The SMILES string of the molecule is Cc1ccc(Oc2ccc(NC(=O)OCCO)cc2)cc1. The summed E-state index contributed by atoms with van der Waals surface area (Å²) in [7, 11) is 0. The smallest absolute Gasteiger partial charge is 0.411 e. The lowest BCUT2D eigenvalue weighted by atomic mass is 10.2. The van der Waals surface area contributed by atoms with Crippen molar-refractivity contribution < 1.29 is 19.4 Å². The van der Waals surface area contributed by atoms with Crippen LogP contribution in [0.3, 0.4) is 0 Å². The van der Waals surface area contributed by atoms with Gasteiger partial charge in [-0.1, -0.05) is 17.7 Å². The molecule has 0 aliphatic carbocycles. The molecule has 0 aromatic heterocycles. The van der Waals surface area contributed by atoms with Gasteiger partial charge in [0.1, 0.15) is 18.1 Å². The molecule has 21 heavy (non-hydrogen) atoms. The molecule has 5 nitrogen and oxygen atoms in total. The minimum absolute atomic E-state index is 0.0273. The van der Waals surface area contributed by atoms with Gasteiger partial charge in [-0.3, -0.25) is 5.32 Å². The molecule has 2 N–H and O–H groups in total. The van der Waals surface area contributed by atoms with Crippen LogP contribution in [0.15, 0.2) is 48.5 Å². The first kappa shape index (κ1) is 14.9. The molecule has 0 atom stereocenters. The maximum absolute atomic E-state index is 11.3. The lowest BCUT2D eigenvalue weighted by Gasteiger charge is -2.08. The Balaban J connectivity index is 1.92. The first-order chi connectivity index (χ1) is 10.2. The van der Waals surface area contributed by atoms with Crippen molar-refractivity contribution >= 4 is 11.8 Å². The van der Waals surface area contributed by atoms with E-state index in [1.807, 2.05) is 31.2 Å². The van der Waals surface area contributed by atoms with Crippen LogP contribution < -0.4 is 10.1 Å². The fraction of sp³-hybridized carbons (Fsp3) is 0.188. The van der Waals surface area contributed by atoms with E-state index in [1.165, 1.54) is 5.56 Å². The Kier molecular flexibility index (Phi) is 5.17. The van der Waals surface area contributed by atoms with Crippen LogP contribution in [0.5, 0.6) is 11.5 Å². The molecule has 0 radical (unpaired) electrons. The summed E-state index contributed by atoms with van der Waals surface area (Å²) in [4.78, 5) is 11.3. The third kappa shape index (κ3) is 4.81. The number of rotatable bonds is 5. The number of aliphatic hydroxyl groups excluding tert-OH is 1. The third-order valence-electron chi connectivity index (χ3n) is 2.68. The standard InChI is InChI=1S/C16H17NO4/c1-12-2-6-14(7-3-12)21-15-8-4-13(5-9-15)17-16(19)20-11-10-18/h2-9,18H,10-11H2,1H3,(H,17,19). The lowest BCUT2D eigenvalue weighted by molar-refractivity contribution is 0.131. The van der Waals surface area contributed by atoms with Crippen LogP contribution in [-0.4, -0.2) is 24.4 Å². The summed E-state index contributed by atoms with van der Waals surface area (Å²) >= 11 is 0. The van der Waals surface area contributed by atoms with E-state index in [4.69, 9.17) is 14.6 Å². The minimum Gasteiger partial charge on any atom is -0.457 e. The zero-order chi connectivity index (χ0) is 15.1. The normalized spacial score (nSPS) is 10.0. The van der Waals surface area contributed by atoms with Crippen LogP contribution in [0.25, 0.3) is 0 Å². The van der Waals surface area contributed by atoms with Crippen molar-refractivity contribution in [3.05, 3.63) is 54.1 Å². The molecule has 110 valence electrons. The Morgan fingerprint density at radius 3 is 2.19 bits per heavy atom. The van der Waals surface area contributed by atoms with Crippen molar-refractivity contribution in [2.24, 2.45) is 0 Å². The maximum atomic E-state index is 11.3. The third-order valence-corrected chi connectivity index (χ3v) is 2.68. The number of amides is 1. The second-order valence-electron chi connectivity index (χ2n) is 4.42. The van der Waals surface area contributed by atoms with E-state index < -0.39 is 6.09 Å². The number of carbonyl (C=O) groups is 1. The molecule has 0 aliphatic rings. The summed E-state index contributed by atoms with van der Waals surface area (Å²) in [6.07, 6.45) is -0.601. The second-order valence-corrected chi connectivity index (χ2v) is 4.42. The van der Waals surface area contributed by atoms with Crippen LogP contribution in [-0.2, 0) is 4.74 Å². The highest BCUT2D eigenvalue weighted by Crippen LogP contribution is 2.23. The predicted molar refractivity (Wildman–Crippen MR) is 79.8 cm³/mol. The van der Waals surface area contributed by atoms with Gasteiger partial charge in [-0.2, -0.15) is 0 Å². The fourth-order valence-corrected chi connectivity index (χ4v) is 1.64. The maximum Gasteiger partial charge on any atom is 0.411 e. The zero-order valence-corrected chi connectivity index (χ0v) is 11.7. The Bertz CT molecular complexity index is 578. The summed E-state index contributed by atoms with van der Waals surface area (Å²) in [5.41, 5.74) is 1.76. The van der Waals surface area contributed by atoms with E-state index in [9.17, 15) is 4.79 Å². The highest BCUT2D eigenvalue weighted by atomic mass is 16.6. The second kappa shape index (κ2) is 7.31. The van der Waals surface area contributed by atoms with Gasteiger partial charge < -0.3 is 14.6 Å². The van der Waals surface area contributed by atoms with E-state index in [-0.39, 0.29) is 13.2 Å². The van der Waals surface area contributed by atoms with Gasteiger partial charge in [-0.05, 0) is 43.3 Å². The van der Waals surface area contributed by atoms with Gasteiger partial charge in [0.15, 0.2) is 0 Å². The molecule has 1 amide bonds. The molecule has 0 fully saturated rings. The zero-order valence-electron chi connectivity index (χ0n) is 11.7. The van der Waals surface area contributed by atoms with Crippen LogP contribution in [0.1, 0.15) is 5.56 Å². The Morgan fingerprint density at radius 2 is 1.62 bits per heavy atom. The average Bonchev–Trinajstić information content (AvgIpc) is 2.49. The van der Waals surface area contributed by atoms with E-state index in [0.29, 0.717) is 11.4 Å². The summed E-state index contributed by atoms with van der Waals surface area (Å²) in [6.45, 7) is 1.79. The lowest BCUT2D eigenvalue weighted by Crippen LogP contribution is -2.15. The van der Waals surface area contributed by atoms with Gasteiger partial charge in [0, 0.05) is 5.69 Å². The van der Waals surface area contributed by atoms with E-state index >= 15 is 0 Å². The number of benzene rings is 2. The van der Waals surface area contributed by atoms with Gasteiger partial charge in [-0.15, -0.1) is 0 Å². The van der Waals surface area contributed by atoms with E-state index in [2.05, 4.69) is 5.32 Å². The highest BCUT2D eigenvalue weighted by Gasteiger charge is 2.03. The summed E-state index contributed by atoms with van der Waals surface area (Å²) in [5.74, 6) is 1.43. The van der Waals surface area contributed by atoms with E-state index in [0.717, 1.165) is 5.75 Å². The molecule has 0 saturated heterocycles. The number of aliphatic hydroxyl groups is 1. The Morgan fingerprint density at radius 1 is 1.05 bits per heavy atom. The molecule has 0 spiro atoms. The van der Waals surface area contributed by atoms with Crippen molar-refractivity contribution in [3.8, 4) is 11.5 Å². The number of hydrogen-bond donors (Lipinski definition) is 2. The molecule has 0 unspecified atom stereocenters. The van der Waals surface area contributed by atoms with Gasteiger partial charge in [0.25, 0.3) is 0 Å². The summed E-state index contributed by atoms with van der Waals surface area (Å²) in [6, 6.07) is 14.7. The topological polar surface area (TPSA) is 67.8 Å². The predicted octanol–water partition coefficient (Wildman–Crippen LogP) is 3.33. The van der Waals surface area contributed by atoms with Gasteiger partial charge in [0.05, 0.1) is 6.61 Å². The van der Waals surface area contributed by atoms with Crippen molar-refractivity contribution in [3.63, 3.8) is 0 Å². The fourth-order valence-electron chi connectivity index (χ4n) is 1.64. The van der Waals surface area contributed by atoms with Crippen LogP contribution >= 0.6 is 0 Å². The van der Waals surface area contributed by atoms with Gasteiger partial charge in [-0.25, -0.2) is 4.79 Å². The quantitative estimate of drug-likeness (QED) is 0.885. The first-order valence-corrected chi connectivity index (χ1v) is 6.56. The molecular formula is C16H17NO4. The summed E-state index contributed by atoms with van der Waals surface area (Å²) in [5, 5.41) is 11.1. The highest BCUT2D eigenvalue weighted by molar-refractivity contribution is 5.84. The Labute approximate surface area is 123 Å². The van der Waals surface area contributed by atoms with Crippen molar-refractivity contribution in [1.29, 1.82) is 0 Å². The van der Waals surface area contributed by atoms with Crippen molar-refractivity contribution in [2.45, 2.75) is 6.92 Å². The number of nitrogens with one attached hydrogen (secondary N) is 1. The van der Waals surface area contributed by atoms with Crippen LogP contribution in [0, 0.1) is 6.92 Å². The number of carbonyl (C=O) groups excluding carboxylic acids is 1. The van der Waals surface area contributed by atoms with Crippen molar-refractivity contribution in [1.82, 2.24) is 0 Å². The Hall–Kier alpha value is -2.53. The number of anilines is 1. The van der Waals surface area contributed by atoms with Crippen LogP contribution in [0.2, 0.25) is 0 Å². The molecule has 2 aromatic rings. The van der Waals surface area contributed by atoms with Gasteiger partial charge in [0.2, 0.25) is 0 Å². The average molecular weight is 287 g/mol.